The Hall–Kier alpha value is -0.920. The summed E-state index contributed by atoms with van der Waals surface area (Å²) >= 11 is 0. The molecule has 0 aliphatic carbocycles. The molecular weight excluding hydrogens is 140 g/mol. The number of ether oxygens (including phenoxy) is 2. The fraction of sp³-hybridized carbons (Fsp3) is 0.556. The fourth-order valence-electron chi connectivity index (χ4n) is 0.884. The SMILES string of the molecule is CC/C1=C\OCCO/C=C/C1. The van der Waals surface area contributed by atoms with Gasteiger partial charge in [-0.3, -0.25) is 0 Å². The molecule has 2 nitrogen and oxygen atoms in total. The Morgan fingerprint density at radius 3 is 3.00 bits per heavy atom. The smallest absolute Gasteiger partial charge is 0.121 e. The van der Waals surface area contributed by atoms with Crippen LogP contribution in [-0.4, -0.2) is 13.2 Å². The molecular formula is C9H14O2. The molecule has 0 aromatic carbocycles. The van der Waals surface area contributed by atoms with Crippen molar-refractivity contribution in [1.29, 1.82) is 0 Å². The van der Waals surface area contributed by atoms with Crippen molar-refractivity contribution in [3.63, 3.8) is 0 Å². The topological polar surface area (TPSA) is 18.5 Å². The van der Waals surface area contributed by atoms with Crippen LogP contribution in [0.3, 0.4) is 0 Å². The lowest BCUT2D eigenvalue weighted by molar-refractivity contribution is 0.150. The van der Waals surface area contributed by atoms with Gasteiger partial charge < -0.3 is 9.47 Å². The zero-order valence-corrected chi connectivity index (χ0v) is 6.88. The highest BCUT2D eigenvalue weighted by Crippen LogP contribution is 2.08. The molecule has 0 spiro atoms. The quantitative estimate of drug-likeness (QED) is 0.576. The predicted octanol–water partition coefficient (Wildman–Crippen LogP) is 2.23. The van der Waals surface area contributed by atoms with Crippen LogP contribution < -0.4 is 0 Å². The van der Waals surface area contributed by atoms with Crippen LogP contribution in [0.1, 0.15) is 19.8 Å². The summed E-state index contributed by atoms with van der Waals surface area (Å²) in [4.78, 5) is 0. The van der Waals surface area contributed by atoms with E-state index < -0.39 is 0 Å². The summed E-state index contributed by atoms with van der Waals surface area (Å²) in [6.07, 6.45) is 7.60. The highest BCUT2D eigenvalue weighted by atomic mass is 16.5. The van der Waals surface area contributed by atoms with Crippen LogP contribution in [0.15, 0.2) is 24.2 Å². The van der Waals surface area contributed by atoms with Gasteiger partial charge in [-0.25, -0.2) is 0 Å². The Labute approximate surface area is 67.5 Å². The first-order valence-corrected chi connectivity index (χ1v) is 3.99. The van der Waals surface area contributed by atoms with E-state index in [1.54, 1.807) is 6.26 Å². The van der Waals surface area contributed by atoms with Crippen molar-refractivity contribution in [2.24, 2.45) is 0 Å². The van der Waals surface area contributed by atoms with Gasteiger partial charge in [0.2, 0.25) is 0 Å². The van der Waals surface area contributed by atoms with E-state index in [0.29, 0.717) is 13.2 Å². The molecule has 0 N–H and O–H groups in total. The normalized spacial score (nSPS) is 26.1. The van der Waals surface area contributed by atoms with Crippen molar-refractivity contribution in [1.82, 2.24) is 0 Å². The number of hydrogen-bond acceptors (Lipinski definition) is 2. The highest BCUT2D eigenvalue weighted by molar-refractivity contribution is 5.03. The van der Waals surface area contributed by atoms with E-state index in [2.05, 4.69) is 6.92 Å². The van der Waals surface area contributed by atoms with Gasteiger partial charge in [0, 0.05) is 0 Å². The van der Waals surface area contributed by atoms with Crippen molar-refractivity contribution >= 4 is 0 Å². The molecule has 0 aromatic heterocycles. The Balaban J connectivity index is 2.45. The van der Waals surface area contributed by atoms with E-state index >= 15 is 0 Å². The second-order valence-corrected chi connectivity index (χ2v) is 2.45. The zero-order chi connectivity index (χ0) is 7.94. The molecule has 0 amide bonds. The Bertz CT molecular complexity index is 159. The lowest BCUT2D eigenvalue weighted by atomic mass is 10.1. The molecule has 0 fully saturated rings. The Morgan fingerprint density at radius 1 is 1.36 bits per heavy atom. The van der Waals surface area contributed by atoms with Gasteiger partial charge in [0.25, 0.3) is 0 Å². The predicted molar refractivity (Wildman–Crippen MR) is 44.0 cm³/mol. The maximum atomic E-state index is 5.23. The van der Waals surface area contributed by atoms with Gasteiger partial charge in [-0.05, 0) is 24.5 Å². The van der Waals surface area contributed by atoms with Crippen molar-refractivity contribution < 1.29 is 9.47 Å². The summed E-state index contributed by atoms with van der Waals surface area (Å²) in [6, 6.07) is 0. The maximum absolute atomic E-state index is 5.23. The lowest BCUT2D eigenvalue weighted by Gasteiger charge is -2.00. The summed E-state index contributed by atoms with van der Waals surface area (Å²) in [5.74, 6) is 0. The van der Waals surface area contributed by atoms with Gasteiger partial charge in [-0.1, -0.05) is 6.92 Å². The third-order valence-electron chi connectivity index (χ3n) is 1.60. The molecule has 2 heteroatoms. The average Bonchev–Trinajstić information content (AvgIpc) is 2.16. The van der Waals surface area contributed by atoms with Gasteiger partial charge in [0.1, 0.15) is 13.2 Å². The minimum atomic E-state index is 0.643. The van der Waals surface area contributed by atoms with E-state index in [1.807, 2.05) is 12.3 Å². The van der Waals surface area contributed by atoms with Crippen molar-refractivity contribution in [3.8, 4) is 0 Å². The largest absolute Gasteiger partial charge is 0.498 e. The molecule has 0 saturated heterocycles. The zero-order valence-electron chi connectivity index (χ0n) is 6.88. The molecule has 0 saturated carbocycles. The number of rotatable bonds is 1. The van der Waals surface area contributed by atoms with Crippen LogP contribution in [0.5, 0.6) is 0 Å². The van der Waals surface area contributed by atoms with Crippen LogP contribution >= 0.6 is 0 Å². The van der Waals surface area contributed by atoms with Crippen LogP contribution in [0, 0.1) is 0 Å². The molecule has 11 heavy (non-hydrogen) atoms. The van der Waals surface area contributed by atoms with Gasteiger partial charge in [0.05, 0.1) is 12.5 Å². The van der Waals surface area contributed by atoms with Gasteiger partial charge in [0.15, 0.2) is 0 Å². The molecule has 1 aliphatic rings. The van der Waals surface area contributed by atoms with E-state index in [9.17, 15) is 0 Å². The van der Waals surface area contributed by atoms with Gasteiger partial charge >= 0.3 is 0 Å². The van der Waals surface area contributed by atoms with Crippen molar-refractivity contribution in [2.75, 3.05) is 13.2 Å². The minimum absolute atomic E-state index is 0.643. The van der Waals surface area contributed by atoms with E-state index in [0.717, 1.165) is 12.8 Å². The molecule has 1 heterocycles. The molecule has 0 bridgehead atoms. The summed E-state index contributed by atoms with van der Waals surface area (Å²) < 4.78 is 10.3. The fourth-order valence-corrected chi connectivity index (χ4v) is 0.884. The van der Waals surface area contributed by atoms with Crippen molar-refractivity contribution in [2.45, 2.75) is 19.8 Å². The summed E-state index contributed by atoms with van der Waals surface area (Å²) in [6.45, 7) is 3.42. The molecule has 1 rings (SSSR count). The molecule has 62 valence electrons. The Morgan fingerprint density at radius 2 is 2.18 bits per heavy atom. The number of hydrogen-bond donors (Lipinski definition) is 0. The van der Waals surface area contributed by atoms with Crippen LogP contribution in [0.2, 0.25) is 0 Å². The Kier molecular flexibility index (Phi) is 3.59. The van der Waals surface area contributed by atoms with E-state index in [4.69, 9.17) is 9.47 Å². The first kappa shape index (κ1) is 8.18. The average molecular weight is 154 g/mol. The number of allylic oxidation sites excluding steroid dienone is 2. The lowest BCUT2D eigenvalue weighted by Crippen LogP contribution is -1.95. The summed E-state index contributed by atoms with van der Waals surface area (Å²) in [5.41, 5.74) is 1.31. The molecule has 0 aromatic rings. The van der Waals surface area contributed by atoms with Gasteiger partial charge in [-0.2, -0.15) is 0 Å². The third kappa shape index (κ3) is 3.12. The van der Waals surface area contributed by atoms with Crippen molar-refractivity contribution in [3.05, 3.63) is 24.2 Å². The van der Waals surface area contributed by atoms with Crippen LogP contribution in [0.4, 0.5) is 0 Å². The van der Waals surface area contributed by atoms with Crippen LogP contribution in [-0.2, 0) is 9.47 Å². The minimum Gasteiger partial charge on any atom is -0.498 e. The van der Waals surface area contributed by atoms with E-state index in [1.165, 1.54) is 5.57 Å². The van der Waals surface area contributed by atoms with Crippen LogP contribution in [0.25, 0.3) is 0 Å². The third-order valence-corrected chi connectivity index (χ3v) is 1.60. The monoisotopic (exact) mass is 154 g/mol. The summed E-state index contributed by atoms with van der Waals surface area (Å²) in [7, 11) is 0. The first-order chi connectivity index (χ1) is 5.43. The van der Waals surface area contributed by atoms with Gasteiger partial charge in [-0.15, -0.1) is 0 Å². The second-order valence-electron chi connectivity index (χ2n) is 2.45. The van der Waals surface area contributed by atoms with E-state index in [-0.39, 0.29) is 0 Å². The summed E-state index contributed by atoms with van der Waals surface area (Å²) in [5, 5.41) is 0. The first-order valence-electron chi connectivity index (χ1n) is 3.99. The molecule has 1 aliphatic heterocycles. The maximum Gasteiger partial charge on any atom is 0.121 e. The standard InChI is InChI=1S/C9H14O2/c1-2-9-4-3-5-10-6-7-11-8-9/h3,5,8H,2,4,6-7H2,1H3/b5-3+,9-8+. The molecule has 0 atom stereocenters. The highest BCUT2D eigenvalue weighted by Gasteiger charge is 1.94. The molecule has 0 radical (unpaired) electrons. The molecule has 0 unspecified atom stereocenters. The second kappa shape index (κ2) is 4.83.